The van der Waals surface area contributed by atoms with E-state index in [4.69, 9.17) is 0 Å². The second-order valence-electron chi connectivity index (χ2n) is 4.32. The van der Waals surface area contributed by atoms with Crippen molar-refractivity contribution in [2.75, 3.05) is 0 Å². The van der Waals surface area contributed by atoms with Crippen LogP contribution in [0.1, 0.15) is 23.6 Å². The number of rotatable bonds is 4. The van der Waals surface area contributed by atoms with E-state index in [2.05, 4.69) is 27.7 Å². The minimum Gasteiger partial charge on any atom is -0.387 e. The molecule has 1 atom stereocenters. The number of aliphatic hydroxyl groups is 1. The number of para-hydroxylation sites is 1. The fourth-order valence-corrected chi connectivity index (χ4v) is 2.68. The van der Waals surface area contributed by atoms with Crippen LogP contribution in [-0.4, -0.2) is 24.5 Å². The van der Waals surface area contributed by atoms with Crippen molar-refractivity contribution in [1.82, 2.24) is 19.4 Å². The molecule has 0 saturated heterocycles. The fraction of sp³-hybridized carbons (Fsp3) is 0.308. The van der Waals surface area contributed by atoms with Crippen LogP contribution in [0.25, 0.3) is 10.9 Å². The van der Waals surface area contributed by atoms with Crippen molar-refractivity contribution >= 4 is 22.4 Å². The van der Waals surface area contributed by atoms with Crippen molar-refractivity contribution in [1.29, 1.82) is 0 Å². The number of hydrogen-bond donors (Lipinski definition) is 1. The van der Waals surface area contributed by atoms with Crippen LogP contribution in [0.2, 0.25) is 0 Å². The first-order chi connectivity index (χ1) is 9.29. The predicted molar refractivity (Wildman–Crippen MR) is 74.0 cm³/mol. The van der Waals surface area contributed by atoms with Crippen LogP contribution in [-0.2, 0) is 13.0 Å². The van der Waals surface area contributed by atoms with Crippen molar-refractivity contribution in [2.24, 2.45) is 0 Å². The molecule has 1 unspecified atom stereocenters. The summed E-state index contributed by atoms with van der Waals surface area (Å²) in [5.41, 5.74) is 2.02. The summed E-state index contributed by atoms with van der Waals surface area (Å²) in [6, 6.07) is 8.09. The third kappa shape index (κ3) is 2.24. The minimum atomic E-state index is -0.594. The molecular formula is C13H14N4OS. The molecule has 0 radical (unpaired) electrons. The van der Waals surface area contributed by atoms with E-state index in [1.54, 1.807) is 6.20 Å². The summed E-state index contributed by atoms with van der Waals surface area (Å²) in [7, 11) is 0. The molecule has 0 aliphatic carbocycles. The summed E-state index contributed by atoms with van der Waals surface area (Å²) >= 11 is 1.22. The number of benzene rings is 1. The normalized spacial score (nSPS) is 12.9. The van der Waals surface area contributed by atoms with Gasteiger partial charge in [-0.05, 0) is 24.5 Å². The Morgan fingerprint density at radius 2 is 2.21 bits per heavy atom. The molecule has 3 aromatic rings. The summed E-state index contributed by atoms with van der Waals surface area (Å²) in [5.74, 6) is 0. The molecule has 6 heteroatoms. The fourth-order valence-electron chi connectivity index (χ4n) is 2.19. The number of aryl methyl sites for hydroxylation is 1. The first-order valence-electron chi connectivity index (χ1n) is 6.19. The molecule has 1 aromatic carbocycles. The molecule has 0 amide bonds. The van der Waals surface area contributed by atoms with Gasteiger partial charge in [0.25, 0.3) is 0 Å². The molecule has 0 bridgehead atoms. The van der Waals surface area contributed by atoms with Gasteiger partial charge in [-0.3, -0.25) is 4.68 Å². The van der Waals surface area contributed by atoms with Gasteiger partial charge in [0.05, 0.1) is 28.4 Å². The third-order valence-corrected chi connectivity index (χ3v) is 3.89. The first-order valence-corrected chi connectivity index (χ1v) is 6.96. The standard InChI is InChI=1S/C13H14N4OS/c1-2-17-11-6-4-3-5-9(11)10(15-17)7-12(18)13-8-14-16-19-13/h3-6,8,12,18H,2,7H2,1H3. The molecule has 0 aliphatic rings. The summed E-state index contributed by atoms with van der Waals surface area (Å²) in [4.78, 5) is 0.773. The van der Waals surface area contributed by atoms with Crippen LogP contribution in [0.5, 0.6) is 0 Å². The highest BCUT2D eigenvalue weighted by molar-refractivity contribution is 7.05. The van der Waals surface area contributed by atoms with Gasteiger partial charge in [0.15, 0.2) is 0 Å². The van der Waals surface area contributed by atoms with Crippen LogP contribution in [0.15, 0.2) is 30.5 Å². The van der Waals surface area contributed by atoms with E-state index in [0.717, 1.165) is 28.0 Å². The van der Waals surface area contributed by atoms with Gasteiger partial charge in [0.1, 0.15) is 0 Å². The van der Waals surface area contributed by atoms with Crippen molar-refractivity contribution in [2.45, 2.75) is 26.0 Å². The molecule has 1 N–H and O–H groups in total. The van der Waals surface area contributed by atoms with Gasteiger partial charge in [-0.25, -0.2) is 0 Å². The Hall–Kier alpha value is -1.79. The van der Waals surface area contributed by atoms with E-state index in [1.165, 1.54) is 11.5 Å². The lowest BCUT2D eigenvalue weighted by Crippen LogP contribution is -2.02. The lowest BCUT2D eigenvalue weighted by atomic mass is 10.1. The van der Waals surface area contributed by atoms with Crippen LogP contribution in [0.3, 0.4) is 0 Å². The highest BCUT2D eigenvalue weighted by Crippen LogP contribution is 2.25. The number of nitrogens with zero attached hydrogens (tertiary/aromatic N) is 4. The summed E-state index contributed by atoms with van der Waals surface area (Å²) in [6.07, 6.45) is 1.50. The Balaban J connectivity index is 1.97. The maximum absolute atomic E-state index is 10.2. The monoisotopic (exact) mass is 274 g/mol. The molecule has 3 rings (SSSR count). The third-order valence-electron chi connectivity index (χ3n) is 3.13. The van der Waals surface area contributed by atoms with Gasteiger partial charge in [0.2, 0.25) is 0 Å². The Bertz CT molecular complexity index is 677. The largest absolute Gasteiger partial charge is 0.387 e. The number of aromatic nitrogens is 4. The van der Waals surface area contributed by atoms with Crippen molar-refractivity contribution < 1.29 is 5.11 Å². The van der Waals surface area contributed by atoms with Gasteiger partial charge >= 0.3 is 0 Å². The lowest BCUT2D eigenvalue weighted by molar-refractivity contribution is 0.181. The van der Waals surface area contributed by atoms with Gasteiger partial charge in [0, 0.05) is 18.4 Å². The first kappa shape index (κ1) is 12.3. The van der Waals surface area contributed by atoms with Gasteiger partial charge in [-0.1, -0.05) is 22.7 Å². The van der Waals surface area contributed by atoms with E-state index in [1.807, 2.05) is 22.9 Å². The highest BCUT2D eigenvalue weighted by atomic mass is 32.1. The molecule has 0 spiro atoms. The zero-order chi connectivity index (χ0) is 13.2. The average molecular weight is 274 g/mol. The van der Waals surface area contributed by atoms with E-state index in [9.17, 15) is 5.11 Å². The highest BCUT2D eigenvalue weighted by Gasteiger charge is 2.16. The molecule has 98 valence electrons. The predicted octanol–water partition coefficient (Wildman–Crippen LogP) is 2.18. The van der Waals surface area contributed by atoms with Crippen molar-refractivity contribution in [3.8, 4) is 0 Å². The van der Waals surface area contributed by atoms with E-state index >= 15 is 0 Å². The maximum atomic E-state index is 10.2. The topological polar surface area (TPSA) is 63.8 Å². The maximum Gasteiger partial charge on any atom is 0.0970 e. The van der Waals surface area contributed by atoms with E-state index in [-0.39, 0.29) is 0 Å². The van der Waals surface area contributed by atoms with Crippen LogP contribution in [0, 0.1) is 0 Å². The Morgan fingerprint density at radius 1 is 1.37 bits per heavy atom. The zero-order valence-electron chi connectivity index (χ0n) is 10.5. The molecule has 0 saturated carbocycles. The van der Waals surface area contributed by atoms with Crippen molar-refractivity contribution in [3.63, 3.8) is 0 Å². The van der Waals surface area contributed by atoms with E-state index < -0.39 is 6.10 Å². The molecule has 19 heavy (non-hydrogen) atoms. The second-order valence-corrected chi connectivity index (χ2v) is 5.14. The smallest absolute Gasteiger partial charge is 0.0970 e. The van der Waals surface area contributed by atoms with Gasteiger partial charge in [-0.2, -0.15) is 5.10 Å². The molecule has 5 nitrogen and oxygen atoms in total. The minimum absolute atomic E-state index is 0.484. The summed E-state index contributed by atoms with van der Waals surface area (Å²) in [5, 5.41) is 19.6. The van der Waals surface area contributed by atoms with Gasteiger partial charge < -0.3 is 5.11 Å². The molecular weight excluding hydrogens is 260 g/mol. The number of hydrogen-bond acceptors (Lipinski definition) is 5. The quantitative estimate of drug-likeness (QED) is 0.792. The average Bonchev–Trinajstić information content (AvgIpc) is 3.07. The lowest BCUT2D eigenvalue weighted by Gasteiger charge is -2.04. The van der Waals surface area contributed by atoms with E-state index in [0.29, 0.717) is 6.42 Å². The Labute approximate surface area is 114 Å². The molecule has 2 heterocycles. The van der Waals surface area contributed by atoms with Gasteiger partial charge in [-0.15, -0.1) is 5.10 Å². The van der Waals surface area contributed by atoms with Crippen LogP contribution < -0.4 is 0 Å². The number of aliphatic hydroxyl groups excluding tert-OH is 1. The van der Waals surface area contributed by atoms with Crippen LogP contribution in [0.4, 0.5) is 0 Å². The van der Waals surface area contributed by atoms with Crippen LogP contribution >= 0.6 is 11.5 Å². The van der Waals surface area contributed by atoms with Crippen molar-refractivity contribution in [3.05, 3.63) is 41.0 Å². The number of fused-ring (bicyclic) bond motifs is 1. The molecule has 0 fully saturated rings. The molecule has 2 aromatic heterocycles. The Morgan fingerprint density at radius 3 is 2.95 bits per heavy atom. The second kappa shape index (κ2) is 5.07. The molecule has 0 aliphatic heterocycles. The Kier molecular flexibility index (Phi) is 3.27. The SMILES string of the molecule is CCn1nc(CC(O)c2cnns2)c2ccccc21. The summed E-state index contributed by atoms with van der Waals surface area (Å²) in [6.45, 7) is 2.88. The zero-order valence-corrected chi connectivity index (χ0v) is 11.3. The summed E-state index contributed by atoms with van der Waals surface area (Å²) < 4.78 is 5.74.